The van der Waals surface area contributed by atoms with Crippen LogP contribution >= 0.6 is 11.6 Å². The maximum absolute atomic E-state index is 13.9. The first kappa shape index (κ1) is 98.3. The highest BCUT2D eigenvalue weighted by Crippen LogP contribution is 2.43. The van der Waals surface area contributed by atoms with E-state index in [0.717, 1.165) is 157 Å². The summed E-state index contributed by atoms with van der Waals surface area (Å²) in [5.74, 6) is -0.551. The maximum Gasteiger partial charge on any atom is 0.586 e. The highest BCUT2D eigenvalue weighted by Gasteiger charge is 2.44. The molecular formula is C100H128ClF7N12O8. The van der Waals surface area contributed by atoms with E-state index in [0.29, 0.717) is 72.7 Å². The fraction of sp³-hybridized carbons (Fsp3) is 0.480. The van der Waals surface area contributed by atoms with Crippen molar-refractivity contribution in [1.82, 2.24) is 39.2 Å². The Kier molecular flexibility index (Phi) is 36.7. The molecule has 4 N–H and O–H groups in total. The number of amides is 8. The molecule has 4 atom stereocenters. The first-order valence-corrected chi connectivity index (χ1v) is 46.0. The Labute approximate surface area is 756 Å². The molecule has 4 saturated heterocycles. The Morgan fingerprint density at radius 2 is 0.750 bits per heavy atom. The van der Waals surface area contributed by atoms with E-state index < -0.39 is 35.7 Å². The molecule has 128 heavy (non-hydrogen) atoms. The van der Waals surface area contributed by atoms with Crippen molar-refractivity contribution in [3.63, 3.8) is 0 Å². The Hall–Kier alpha value is -10.3. The first-order valence-electron chi connectivity index (χ1n) is 45.6. The molecule has 0 saturated carbocycles. The molecule has 6 aliphatic heterocycles. The summed E-state index contributed by atoms with van der Waals surface area (Å²) >= 11 is 5.77. The number of carbonyl (C=O) groups is 4. The molecule has 0 spiro atoms. The normalized spacial score (nSPS) is 17.2. The minimum Gasteiger partial charge on any atom is -0.454 e. The minimum absolute atomic E-state index is 0.00207. The molecule has 0 aromatic heterocycles. The molecule has 6 aliphatic rings. The van der Waals surface area contributed by atoms with Gasteiger partial charge in [0, 0.05) is 156 Å². The van der Waals surface area contributed by atoms with Gasteiger partial charge >= 0.3 is 36.6 Å². The van der Waals surface area contributed by atoms with Crippen molar-refractivity contribution < 1.29 is 68.9 Å². The van der Waals surface area contributed by atoms with E-state index in [1.54, 1.807) is 23.1 Å². The van der Waals surface area contributed by atoms with Gasteiger partial charge in [-0.2, -0.15) is 13.2 Å². The van der Waals surface area contributed by atoms with Crippen LogP contribution in [0.2, 0.25) is 5.02 Å². The van der Waals surface area contributed by atoms with Gasteiger partial charge in [-0.1, -0.05) is 180 Å². The molecule has 0 bridgehead atoms. The van der Waals surface area contributed by atoms with E-state index in [1.807, 2.05) is 124 Å². The zero-order chi connectivity index (χ0) is 91.4. The second kappa shape index (κ2) is 47.8. The molecule has 8 aromatic rings. The summed E-state index contributed by atoms with van der Waals surface area (Å²) in [7, 11) is 0. The predicted octanol–water partition coefficient (Wildman–Crippen LogP) is 23.8. The fourth-order valence-corrected chi connectivity index (χ4v) is 18.0. The largest absolute Gasteiger partial charge is 0.586 e. The van der Waals surface area contributed by atoms with Crippen molar-refractivity contribution in [3.05, 3.63) is 238 Å². The number of piperidine rings is 4. The Balaban J connectivity index is 0.000000166. The molecule has 8 amide bonds. The summed E-state index contributed by atoms with van der Waals surface area (Å²) in [5, 5.41) is 11.4. The highest BCUT2D eigenvalue weighted by molar-refractivity contribution is 6.30. The van der Waals surface area contributed by atoms with Crippen LogP contribution in [0.1, 0.15) is 192 Å². The topological polar surface area (TPSA) is 179 Å². The number of rotatable bonds is 28. The summed E-state index contributed by atoms with van der Waals surface area (Å²) in [5.41, 5.74) is 5.54. The standard InChI is InChI=1S/C26H31F4N3O3.C25H31F2N3O3.C25H35N3O.C24H31ClFN3O/c1-3-4-17(2)32-9-7-22(8-10-32)33(15-18-5-6-23-24(11-18)36-16-35-23)25(34)31-21-13-19(26(28,29)30)12-20(27)14-21;1-3-7-18(2)29-14-12-21(13-15-29)30(17-19-8-5-4-6-9-19)24(31)28-20-10-11-22-23(16-20)33-25(26,27)32-22;1-4-8-21(3)27-17-15-24(16-18-27)28(19-22-9-6-5-7-10-22)25(29)26-23-13-11-20(2)12-14-23;1-3-7-18(2)28-14-12-21(13-15-28)29(17-19-8-5-4-6-9-19)24(30)27-20-10-11-22(25)23(26)16-20/h5-6,11-14,17,22H,3-4,7-10,15-16H2,1-2H3,(H,31,34);4-6,8-11,16,18,21H,3,7,12-15,17H2,1-2H3,(H,28,31);5-7,9-14,21,24H,4,8,15-19H2,1-3H3,(H,26,29);4-6,8-11,16,18,21H,3,7,12-15,17H2,1-2H3,(H,27,30). The number of ether oxygens (including phenoxy) is 4. The van der Waals surface area contributed by atoms with Gasteiger partial charge in [-0.05, 0) is 207 Å². The average Bonchev–Trinajstić information content (AvgIpc) is 1.65. The molecule has 4 fully saturated rings. The Morgan fingerprint density at radius 3 is 1.14 bits per heavy atom. The van der Waals surface area contributed by atoms with Gasteiger partial charge in [0.1, 0.15) is 11.6 Å². The van der Waals surface area contributed by atoms with Crippen LogP contribution in [0.15, 0.2) is 188 Å². The third kappa shape index (κ3) is 29.1. The lowest BCUT2D eigenvalue weighted by atomic mass is 10.00. The van der Waals surface area contributed by atoms with Crippen molar-refractivity contribution in [2.75, 3.05) is 80.4 Å². The van der Waals surface area contributed by atoms with E-state index in [9.17, 15) is 49.9 Å². The summed E-state index contributed by atoms with van der Waals surface area (Å²) < 4.78 is 114. The molecular weight excluding hydrogens is 1670 g/mol. The van der Waals surface area contributed by atoms with Crippen molar-refractivity contribution in [3.8, 4) is 23.0 Å². The van der Waals surface area contributed by atoms with Gasteiger partial charge in [0.05, 0.1) is 10.6 Å². The second-order valence-corrected chi connectivity index (χ2v) is 35.0. The summed E-state index contributed by atoms with van der Waals surface area (Å²) in [6.07, 6.45) is 8.09. The van der Waals surface area contributed by atoms with Gasteiger partial charge in [-0.15, -0.1) is 8.78 Å². The average molecular weight is 1790 g/mol. The zero-order valence-corrected chi connectivity index (χ0v) is 76.1. The van der Waals surface area contributed by atoms with Crippen LogP contribution in [0.4, 0.5) is 72.7 Å². The number of fused-ring (bicyclic) bond motifs is 2. The van der Waals surface area contributed by atoms with Gasteiger partial charge in [-0.25, -0.2) is 28.0 Å². The molecule has 0 radical (unpaired) electrons. The number of hydrogen-bond donors (Lipinski definition) is 4. The van der Waals surface area contributed by atoms with Crippen molar-refractivity contribution in [2.45, 2.75) is 252 Å². The minimum atomic E-state index is -4.73. The van der Waals surface area contributed by atoms with Crippen LogP contribution in [0.3, 0.4) is 0 Å². The number of alkyl halides is 5. The molecule has 14 rings (SSSR count). The Morgan fingerprint density at radius 1 is 0.406 bits per heavy atom. The lowest BCUT2D eigenvalue weighted by Crippen LogP contribution is -2.50. The van der Waals surface area contributed by atoms with Gasteiger partial charge < -0.3 is 79.4 Å². The van der Waals surface area contributed by atoms with Gasteiger partial charge in [0.25, 0.3) is 0 Å². The summed E-state index contributed by atoms with van der Waals surface area (Å²) in [6.45, 7) is 29.6. The maximum atomic E-state index is 13.9. The molecule has 4 unspecified atom stereocenters. The van der Waals surface area contributed by atoms with E-state index in [2.05, 4.69) is 125 Å². The summed E-state index contributed by atoms with van der Waals surface area (Å²) in [4.78, 5) is 70.5. The van der Waals surface area contributed by atoms with Crippen LogP contribution < -0.4 is 40.2 Å². The molecule has 28 heteroatoms. The van der Waals surface area contributed by atoms with Gasteiger partial charge in [-0.3, -0.25) is 0 Å². The lowest BCUT2D eigenvalue weighted by molar-refractivity contribution is -0.286. The number of likely N-dealkylation sites (tertiary alicyclic amines) is 4. The van der Waals surface area contributed by atoms with Gasteiger partial charge in [0.2, 0.25) is 6.79 Å². The molecule has 20 nitrogen and oxygen atoms in total. The van der Waals surface area contributed by atoms with E-state index >= 15 is 0 Å². The predicted molar refractivity (Wildman–Crippen MR) is 493 cm³/mol. The number of anilines is 4. The number of nitrogens with zero attached hydrogens (tertiary/aromatic N) is 8. The Bertz CT molecular complexity index is 4790. The van der Waals surface area contributed by atoms with Crippen LogP contribution in [0.25, 0.3) is 0 Å². The monoisotopic (exact) mass is 1790 g/mol. The van der Waals surface area contributed by atoms with E-state index in [-0.39, 0.29) is 77.8 Å². The molecule has 0 aliphatic carbocycles. The number of urea groups is 4. The number of carbonyl (C=O) groups excluding carboxylic acids is 4. The zero-order valence-electron chi connectivity index (χ0n) is 75.4. The van der Waals surface area contributed by atoms with E-state index in [1.165, 1.54) is 73.6 Å². The number of nitrogens with one attached hydrogen (secondary N) is 4. The van der Waals surface area contributed by atoms with Crippen LogP contribution in [-0.2, 0) is 32.4 Å². The number of benzene rings is 8. The van der Waals surface area contributed by atoms with Crippen molar-refractivity contribution >= 4 is 58.5 Å². The van der Waals surface area contributed by atoms with Crippen LogP contribution in [0.5, 0.6) is 23.0 Å². The highest BCUT2D eigenvalue weighted by atomic mass is 35.5. The van der Waals surface area contributed by atoms with Crippen LogP contribution in [-0.4, -0.2) is 177 Å². The summed E-state index contributed by atoms with van der Waals surface area (Å²) in [6, 6.07) is 55.8. The van der Waals surface area contributed by atoms with Crippen LogP contribution in [0, 0.1) is 18.6 Å². The molecule has 6 heterocycles. The van der Waals surface area contributed by atoms with Crippen molar-refractivity contribution in [2.24, 2.45) is 0 Å². The smallest absolute Gasteiger partial charge is 0.454 e. The molecule has 8 aromatic carbocycles. The SMILES string of the molecule is CCCC(C)N1CCC(N(Cc2ccc3c(c2)OCO3)C(=O)Nc2cc(F)cc(C(F)(F)F)c2)CC1.CCCC(C)N1CCC(N(Cc2ccccc2)C(=O)Nc2ccc(C)cc2)CC1.CCCC(C)N1CCC(N(Cc2ccccc2)C(=O)Nc2ccc(Cl)c(F)c2)CC1.CCCC(C)N1CCC(N(Cc2ccccc2)C(=O)Nc2ccc3c(c2)OC(F)(F)O3)CC1. The fourth-order valence-electron chi connectivity index (χ4n) is 17.8. The second-order valence-electron chi connectivity index (χ2n) is 34.5. The van der Waals surface area contributed by atoms with E-state index in [4.69, 9.17) is 21.1 Å². The first-order chi connectivity index (χ1) is 61.5. The third-order valence-electron chi connectivity index (χ3n) is 25.1. The number of halogens is 8. The third-order valence-corrected chi connectivity index (χ3v) is 25.4. The molecule has 692 valence electrons. The number of hydrogen-bond acceptors (Lipinski definition) is 12. The van der Waals surface area contributed by atoms with Crippen molar-refractivity contribution in [1.29, 1.82) is 0 Å². The van der Waals surface area contributed by atoms with Gasteiger partial charge in [0.15, 0.2) is 23.0 Å². The lowest BCUT2D eigenvalue weighted by Gasteiger charge is -2.40. The quantitative estimate of drug-likeness (QED) is 0.0342. The number of aryl methyl sites for hydroxylation is 1.